The number of nitrogens with zero attached hydrogens (tertiary/aromatic N) is 2. The average molecular weight is 338 g/mol. The number of carbonyl (C=O) groups excluding carboxylic acids is 2. The molecule has 1 unspecified atom stereocenters. The van der Waals surface area contributed by atoms with E-state index in [0.29, 0.717) is 5.91 Å². The van der Waals surface area contributed by atoms with Crippen molar-refractivity contribution in [2.24, 2.45) is 17.1 Å². The molecule has 5 heteroatoms. The van der Waals surface area contributed by atoms with E-state index >= 15 is 0 Å². The lowest BCUT2D eigenvalue weighted by Gasteiger charge is -2.40. The molecule has 2 fully saturated rings. The minimum absolute atomic E-state index is 0.198. The molecule has 2 rings (SSSR count). The molecule has 0 bridgehead atoms. The van der Waals surface area contributed by atoms with Gasteiger partial charge in [-0.25, -0.2) is 0 Å². The van der Waals surface area contributed by atoms with Gasteiger partial charge in [-0.15, -0.1) is 0 Å². The summed E-state index contributed by atoms with van der Waals surface area (Å²) in [5, 5.41) is 0. The second kappa shape index (κ2) is 8.32. The van der Waals surface area contributed by atoms with Gasteiger partial charge in [0.05, 0.1) is 6.04 Å². The first-order valence-electron chi connectivity index (χ1n) is 9.60. The Bertz CT molecular complexity index is 430. The van der Waals surface area contributed by atoms with E-state index in [0.717, 1.165) is 51.9 Å². The van der Waals surface area contributed by atoms with E-state index in [1.807, 2.05) is 4.90 Å². The van der Waals surface area contributed by atoms with Crippen LogP contribution in [0.5, 0.6) is 0 Å². The Morgan fingerprint density at radius 2 is 1.62 bits per heavy atom. The molecule has 0 aromatic rings. The van der Waals surface area contributed by atoms with Crippen LogP contribution in [-0.4, -0.2) is 53.8 Å². The van der Waals surface area contributed by atoms with Gasteiger partial charge in [0.1, 0.15) is 0 Å². The number of amides is 2. The molecule has 138 valence electrons. The van der Waals surface area contributed by atoms with Crippen molar-refractivity contribution >= 4 is 11.8 Å². The molecular formula is C19H35N3O2. The highest BCUT2D eigenvalue weighted by Gasteiger charge is 2.32. The van der Waals surface area contributed by atoms with Gasteiger partial charge in [-0.1, -0.05) is 40.0 Å². The molecule has 5 nitrogen and oxygen atoms in total. The van der Waals surface area contributed by atoms with Crippen LogP contribution < -0.4 is 5.73 Å². The van der Waals surface area contributed by atoms with E-state index in [1.165, 1.54) is 19.3 Å². The Labute approximate surface area is 146 Å². The van der Waals surface area contributed by atoms with E-state index in [4.69, 9.17) is 5.73 Å². The molecule has 1 saturated heterocycles. The highest BCUT2D eigenvalue weighted by Crippen LogP contribution is 2.27. The van der Waals surface area contributed by atoms with E-state index < -0.39 is 0 Å². The van der Waals surface area contributed by atoms with Crippen molar-refractivity contribution in [2.75, 3.05) is 26.2 Å². The molecule has 1 saturated carbocycles. The summed E-state index contributed by atoms with van der Waals surface area (Å²) in [4.78, 5) is 28.7. The van der Waals surface area contributed by atoms with Gasteiger partial charge in [-0.05, 0) is 31.1 Å². The lowest BCUT2D eigenvalue weighted by Crippen LogP contribution is -2.56. The number of carbonyl (C=O) groups is 2. The van der Waals surface area contributed by atoms with Crippen LogP contribution in [0.4, 0.5) is 0 Å². The Morgan fingerprint density at radius 1 is 1.04 bits per heavy atom. The van der Waals surface area contributed by atoms with Crippen molar-refractivity contribution in [3.8, 4) is 0 Å². The Kier molecular flexibility index (Phi) is 6.67. The van der Waals surface area contributed by atoms with Gasteiger partial charge >= 0.3 is 0 Å². The Hall–Kier alpha value is -1.10. The van der Waals surface area contributed by atoms with Crippen LogP contribution in [0, 0.1) is 11.3 Å². The fraction of sp³-hybridized carbons (Fsp3) is 0.895. The fourth-order valence-electron chi connectivity index (χ4n) is 3.94. The third-order valence-electron chi connectivity index (χ3n) is 5.52. The van der Waals surface area contributed by atoms with Gasteiger partial charge in [0.15, 0.2) is 0 Å². The number of piperazine rings is 1. The van der Waals surface area contributed by atoms with Crippen LogP contribution in [0.1, 0.15) is 65.7 Å². The molecule has 0 radical (unpaired) electrons. The third-order valence-corrected chi connectivity index (χ3v) is 5.52. The van der Waals surface area contributed by atoms with Gasteiger partial charge in [-0.3, -0.25) is 14.5 Å². The molecule has 0 spiro atoms. The molecule has 1 aliphatic heterocycles. The zero-order valence-corrected chi connectivity index (χ0v) is 15.7. The predicted molar refractivity (Wildman–Crippen MR) is 96.4 cm³/mol. The van der Waals surface area contributed by atoms with E-state index in [9.17, 15) is 9.59 Å². The fourth-order valence-corrected chi connectivity index (χ4v) is 3.94. The van der Waals surface area contributed by atoms with E-state index in [1.54, 1.807) is 0 Å². The number of primary amides is 1. The summed E-state index contributed by atoms with van der Waals surface area (Å²) < 4.78 is 0. The number of hydrogen-bond donors (Lipinski definition) is 1. The van der Waals surface area contributed by atoms with Crippen LogP contribution in [0.2, 0.25) is 0 Å². The first kappa shape index (κ1) is 19.2. The van der Waals surface area contributed by atoms with Crippen molar-refractivity contribution < 1.29 is 9.59 Å². The molecular weight excluding hydrogens is 302 g/mol. The molecule has 1 heterocycles. The molecule has 0 aromatic heterocycles. The zero-order chi connectivity index (χ0) is 17.7. The van der Waals surface area contributed by atoms with Crippen LogP contribution >= 0.6 is 0 Å². The van der Waals surface area contributed by atoms with E-state index in [2.05, 4.69) is 25.7 Å². The molecule has 1 atom stereocenters. The van der Waals surface area contributed by atoms with Crippen LogP contribution in [0.3, 0.4) is 0 Å². The summed E-state index contributed by atoms with van der Waals surface area (Å²) in [5.41, 5.74) is 5.85. The van der Waals surface area contributed by atoms with Crippen molar-refractivity contribution in [3.63, 3.8) is 0 Å². The highest BCUT2D eigenvalue weighted by atomic mass is 16.2. The van der Waals surface area contributed by atoms with Gasteiger partial charge in [0.2, 0.25) is 11.8 Å². The molecule has 2 amide bonds. The summed E-state index contributed by atoms with van der Waals surface area (Å²) in [5.74, 6) is 0.337. The Balaban J connectivity index is 1.85. The number of nitrogens with two attached hydrogens (primary N) is 1. The average Bonchev–Trinajstić information content (AvgIpc) is 2.54. The van der Waals surface area contributed by atoms with Crippen molar-refractivity contribution in [3.05, 3.63) is 0 Å². The quantitative estimate of drug-likeness (QED) is 0.837. The molecule has 2 N–H and O–H groups in total. The lowest BCUT2D eigenvalue weighted by atomic mass is 9.87. The third kappa shape index (κ3) is 5.47. The van der Waals surface area contributed by atoms with Crippen molar-refractivity contribution in [1.29, 1.82) is 0 Å². The molecule has 24 heavy (non-hydrogen) atoms. The first-order valence-corrected chi connectivity index (χ1v) is 9.60. The second-order valence-electron chi connectivity index (χ2n) is 8.71. The number of hydrogen-bond acceptors (Lipinski definition) is 3. The second-order valence-corrected chi connectivity index (χ2v) is 8.71. The largest absolute Gasteiger partial charge is 0.368 e. The van der Waals surface area contributed by atoms with E-state index in [-0.39, 0.29) is 23.3 Å². The minimum Gasteiger partial charge on any atom is -0.368 e. The predicted octanol–water partition coefficient (Wildman–Crippen LogP) is 2.39. The standard InChI is InChI=1S/C19H35N3O2/c1-19(2,3)10-9-16(17(20)23)21-11-13-22(14-12-21)18(24)15-7-5-4-6-8-15/h15-16H,4-14H2,1-3H3,(H2,20,23). The normalized spacial score (nSPS) is 22.4. The summed E-state index contributed by atoms with van der Waals surface area (Å²) in [6, 6.07) is -0.198. The van der Waals surface area contributed by atoms with Crippen LogP contribution in [0.15, 0.2) is 0 Å². The lowest BCUT2D eigenvalue weighted by molar-refractivity contribution is -0.139. The topological polar surface area (TPSA) is 66.6 Å². The van der Waals surface area contributed by atoms with Crippen molar-refractivity contribution in [1.82, 2.24) is 9.80 Å². The summed E-state index contributed by atoms with van der Waals surface area (Å²) >= 11 is 0. The van der Waals surface area contributed by atoms with Crippen LogP contribution in [-0.2, 0) is 9.59 Å². The first-order chi connectivity index (χ1) is 11.3. The number of rotatable bonds is 5. The monoisotopic (exact) mass is 337 g/mol. The maximum atomic E-state index is 12.6. The van der Waals surface area contributed by atoms with Crippen molar-refractivity contribution in [2.45, 2.75) is 71.8 Å². The maximum absolute atomic E-state index is 12.6. The summed E-state index contributed by atoms with van der Waals surface area (Å²) in [6.07, 6.45) is 7.52. The Morgan fingerprint density at radius 3 is 2.12 bits per heavy atom. The molecule has 2 aliphatic rings. The molecule has 0 aromatic carbocycles. The molecule has 1 aliphatic carbocycles. The summed E-state index contributed by atoms with van der Waals surface area (Å²) in [7, 11) is 0. The smallest absolute Gasteiger partial charge is 0.234 e. The van der Waals surface area contributed by atoms with Crippen LogP contribution in [0.25, 0.3) is 0 Å². The SMILES string of the molecule is CC(C)(C)CCC(C(N)=O)N1CCN(C(=O)C2CCCCC2)CC1. The van der Waals surface area contributed by atoms with Gasteiger partial charge in [0, 0.05) is 32.1 Å². The zero-order valence-electron chi connectivity index (χ0n) is 15.7. The minimum atomic E-state index is -0.230. The van der Waals surface area contributed by atoms with Gasteiger partial charge in [0.25, 0.3) is 0 Å². The highest BCUT2D eigenvalue weighted by molar-refractivity contribution is 5.80. The van der Waals surface area contributed by atoms with Gasteiger partial charge < -0.3 is 10.6 Å². The maximum Gasteiger partial charge on any atom is 0.234 e. The summed E-state index contributed by atoms with van der Waals surface area (Å²) in [6.45, 7) is 9.54. The van der Waals surface area contributed by atoms with Gasteiger partial charge in [-0.2, -0.15) is 0 Å².